The number of amides is 1. The molecule has 3 aliphatic heterocycles. The summed E-state index contributed by atoms with van der Waals surface area (Å²) in [6.07, 6.45) is 2.58. The third kappa shape index (κ3) is 6.82. The van der Waals surface area contributed by atoms with Crippen molar-refractivity contribution in [1.82, 2.24) is 14.7 Å². The van der Waals surface area contributed by atoms with Crippen molar-refractivity contribution < 1.29 is 13.9 Å². The minimum atomic E-state index is -0.197. The molecule has 8 heteroatoms. The van der Waals surface area contributed by atoms with Gasteiger partial charge in [-0.25, -0.2) is 4.39 Å². The molecule has 0 radical (unpaired) electrons. The number of hydrogen-bond acceptors (Lipinski definition) is 5. The van der Waals surface area contributed by atoms with Crippen LogP contribution in [0.4, 0.5) is 10.1 Å². The highest BCUT2D eigenvalue weighted by molar-refractivity contribution is 6.30. The van der Waals surface area contributed by atoms with Crippen LogP contribution in [0.3, 0.4) is 0 Å². The maximum atomic E-state index is 14.2. The molecule has 0 saturated carbocycles. The zero-order chi connectivity index (χ0) is 25.6. The van der Waals surface area contributed by atoms with Crippen LogP contribution in [0, 0.1) is 11.7 Å². The van der Waals surface area contributed by atoms with E-state index in [0.29, 0.717) is 50.2 Å². The molecule has 0 spiro atoms. The number of morpholine rings is 1. The number of carbonyl (C=O) groups excluding carboxylic acids is 1. The fourth-order valence-electron chi connectivity index (χ4n) is 6.13. The average Bonchev–Trinajstić information content (AvgIpc) is 2.94. The molecule has 0 unspecified atom stereocenters. The van der Waals surface area contributed by atoms with Crippen LogP contribution in [-0.4, -0.2) is 92.2 Å². The molecule has 2 atom stereocenters. The number of rotatable bonds is 7. The van der Waals surface area contributed by atoms with Crippen LogP contribution in [0.1, 0.15) is 24.8 Å². The number of piperazine rings is 1. The Kier molecular flexibility index (Phi) is 8.98. The van der Waals surface area contributed by atoms with Crippen molar-refractivity contribution in [2.75, 3.05) is 70.5 Å². The lowest BCUT2D eigenvalue weighted by atomic mass is 9.86. The van der Waals surface area contributed by atoms with Crippen LogP contribution in [-0.2, 0) is 16.1 Å². The topological polar surface area (TPSA) is 39.3 Å². The third-order valence-electron chi connectivity index (χ3n) is 8.17. The van der Waals surface area contributed by atoms with Gasteiger partial charge in [0.2, 0.25) is 5.91 Å². The predicted octanol–water partition coefficient (Wildman–Crippen LogP) is 4.13. The molecule has 200 valence electrons. The number of nitrogens with zero attached hydrogens (tertiary/aromatic N) is 4. The predicted molar refractivity (Wildman–Crippen MR) is 145 cm³/mol. The van der Waals surface area contributed by atoms with Gasteiger partial charge in [-0.3, -0.25) is 14.6 Å². The lowest BCUT2D eigenvalue weighted by Gasteiger charge is -2.45. The Morgan fingerprint density at radius 3 is 2.41 bits per heavy atom. The van der Waals surface area contributed by atoms with Crippen LogP contribution < -0.4 is 4.90 Å². The van der Waals surface area contributed by atoms with E-state index >= 15 is 0 Å². The zero-order valence-corrected chi connectivity index (χ0v) is 22.3. The second-order valence-electron chi connectivity index (χ2n) is 10.5. The highest BCUT2D eigenvalue weighted by atomic mass is 35.5. The van der Waals surface area contributed by atoms with Crippen molar-refractivity contribution >= 4 is 23.2 Å². The molecule has 3 heterocycles. The largest absolute Gasteiger partial charge is 0.379 e. The fraction of sp³-hybridized carbons (Fsp3) is 0.552. The molecular formula is C29H38ClFN4O2. The van der Waals surface area contributed by atoms with Crippen molar-refractivity contribution in [3.05, 3.63) is 64.9 Å². The smallest absolute Gasteiger partial charge is 0.222 e. The zero-order valence-electron chi connectivity index (χ0n) is 21.5. The van der Waals surface area contributed by atoms with E-state index in [2.05, 4.69) is 21.9 Å². The Morgan fingerprint density at radius 2 is 1.68 bits per heavy atom. The maximum absolute atomic E-state index is 14.2. The quantitative estimate of drug-likeness (QED) is 0.540. The minimum Gasteiger partial charge on any atom is -0.379 e. The SMILES string of the molecule is O=C(CC[C@H]1CN(Cc2ccc(Cl)cc2)CC[C@H]1N1CCOCC1)N1CCN(c2ccccc2F)CC1. The number of halogens is 2. The van der Waals surface area contributed by atoms with E-state index in [1.165, 1.54) is 11.6 Å². The summed E-state index contributed by atoms with van der Waals surface area (Å²) in [6.45, 7) is 9.14. The van der Waals surface area contributed by atoms with E-state index in [-0.39, 0.29) is 11.7 Å². The van der Waals surface area contributed by atoms with E-state index < -0.39 is 0 Å². The summed E-state index contributed by atoms with van der Waals surface area (Å²) in [5.74, 6) is 0.475. The van der Waals surface area contributed by atoms with E-state index in [1.807, 2.05) is 34.1 Å². The number of piperidine rings is 1. The molecule has 3 saturated heterocycles. The monoisotopic (exact) mass is 528 g/mol. The normalized spacial score (nSPS) is 23.8. The summed E-state index contributed by atoms with van der Waals surface area (Å²) in [4.78, 5) is 22.3. The summed E-state index contributed by atoms with van der Waals surface area (Å²) in [5, 5.41) is 0.765. The van der Waals surface area contributed by atoms with Gasteiger partial charge in [-0.2, -0.15) is 0 Å². The number of benzene rings is 2. The molecule has 0 bridgehead atoms. The molecule has 2 aromatic rings. The van der Waals surface area contributed by atoms with Crippen LogP contribution >= 0.6 is 11.6 Å². The van der Waals surface area contributed by atoms with Crippen molar-refractivity contribution in [3.8, 4) is 0 Å². The molecular weight excluding hydrogens is 491 g/mol. The Labute approximate surface area is 224 Å². The summed E-state index contributed by atoms with van der Waals surface area (Å²) >= 11 is 6.08. The molecule has 37 heavy (non-hydrogen) atoms. The number of anilines is 1. The van der Waals surface area contributed by atoms with Crippen LogP contribution in [0.15, 0.2) is 48.5 Å². The Balaban J connectivity index is 1.17. The number of carbonyl (C=O) groups is 1. The molecule has 0 N–H and O–H groups in total. The second-order valence-corrected chi connectivity index (χ2v) is 10.9. The van der Waals surface area contributed by atoms with Crippen molar-refractivity contribution in [3.63, 3.8) is 0 Å². The van der Waals surface area contributed by atoms with Gasteiger partial charge >= 0.3 is 0 Å². The third-order valence-corrected chi connectivity index (χ3v) is 8.42. The molecule has 5 rings (SSSR count). The van der Waals surface area contributed by atoms with Gasteiger partial charge in [-0.1, -0.05) is 35.9 Å². The van der Waals surface area contributed by atoms with Gasteiger partial charge in [0.05, 0.1) is 18.9 Å². The summed E-state index contributed by atoms with van der Waals surface area (Å²) < 4.78 is 19.8. The first kappa shape index (κ1) is 26.4. The number of ether oxygens (including phenoxy) is 1. The van der Waals surface area contributed by atoms with Crippen molar-refractivity contribution in [2.24, 2.45) is 5.92 Å². The van der Waals surface area contributed by atoms with Gasteiger partial charge in [0.25, 0.3) is 0 Å². The lowest BCUT2D eigenvalue weighted by molar-refractivity contribution is -0.132. The van der Waals surface area contributed by atoms with Gasteiger partial charge in [-0.15, -0.1) is 0 Å². The van der Waals surface area contributed by atoms with Crippen molar-refractivity contribution in [1.29, 1.82) is 0 Å². The number of hydrogen-bond donors (Lipinski definition) is 0. The second kappa shape index (κ2) is 12.6. The van der Waals surface area contributed by atoms with Gasteiger partial charge in [0, 0.05) is 69.8 Å². The lowest BCUT2D eigenvalue weighted by Crippen LogP contribution is -2.54. The van der Waals surface area contributed by atoms with E-state index in [1.54, 1.807) is 6.07 Å². The highest BCUT2D eigenvalue weighted by Crippen LogP contribution is 2.29. The molecule has 0 aromatic heterocycles. The fourth-order valence-corrected chi connectivity index (χ4v) is 6.26. The van der Waals surface area contributed by atoms with Gasteiger partial charge in [0.15, 0.2) is 0 Å². The Bertz CT molecular complexity index is 1020. The molecule has 2 aromatic carbocycles. The average molecular weight is 529 g/mol. The van der Waals surface area contributed by atoms with E-state index in [4.69, 9.17) is 16.3 Å². The summed E-state index contributed by atoms with van der Waals surface area (Å²) in [7, 11) is 0. The van der Waals surface area contributed by atoms with Crippen LogP contribution in [0.25, 0.3) is 0 Å². The maximum Gasteiger partial charge on any atom is 0.222 e. The standard InChI is InChI=1S/C29H38ClFN4O2/c30-25-8-5-23(6-9-25)21-32-12-11-27(34-17-19-37-20-18-34)24(22-32)7-10-29(36)35-15-13-33(14-16-35)28-4-2-1-3-26(28)31/h1-6,8-9,24,27H,7,10-22H2/t24-,27+/m0/s1. The van der Waals surface area contributed by atoms with Gasteiger partial charge in [0.1, 0.15) is 5.82 Å². The molecule has 0 aliphatic carbocycles. The van der Waals surface area contributed by atoms with E-state index in [9.17, 15) is 9.18 Å². The first-order valence-electron chi connectivity index (χ1n) is 13.6. The number of likely N-dealkylation sites (tertiary alicyclic amines) is 1. The molecule has 3 fully saturated rings. The van der Waals surface area contributed by atoms with E-state index in [0.717, 1.165) is 63.8 Å². The van der Waals surface area contributed by atoms with Crippen molar-refractivity contribution in [2.45, 2.75) is 31.8 Å². The minimum absolute atomic E-state index is 0.197. The molecule has 6 nitrogen and oxygen atoms in total. The molecule has 3 aliphatic rings. The van der Waals surface area contributed by atoms with Crippen LogP contribution in [0.2, 0.25) is 5.02 Å². The Morgan fingerprint density at radius 1 is 0.946 bits per heavy atom. The van der Waals surface area contributed by atoms with Gasteiger partial charge < -0.3 is 14.5 Å². The summed E-state index contributed by atoms with van der Waals surface area (Å²) in [5.41, 5.74) is 1.91. The Hall–Kier alpha value is -2.19. The number of para-hydroxylation sites is 1. The first-order valence-corrected chi connectivity index (χ1v) is 14.0. The highest BCUT2D eigenvalue weighted by Gasteiger charge is 2.34. The first-order chi connectivity index (χ1) is 18.1. The molecule has 1 amide bonds. The van der Waals surface area contributed by atoms with Gasteiger partial charge in [-0.05, 0) is 55.1 Å². The summed E-state index contributed by atoms with van der Waals surface area (Å²) in [6, 6.07) is 15.5. The van der Waals surface area contributed by atoms with Crippen LogP contribution in [0.5, 0.6) is 0 Å².